The van der Waals surface area contributed by atoms with Gasteiger partial charge in [0, 0.05) is 17.8 Å². The van der Waals surface area contributed by atoms with Crippen molar-refractivity contribution >= 4 is 17.6 Å². The molecule has 0 aromatic heterocycles. The predicted octanol–water partition coefficient (Wildman–Crippen LogP) is 3.03. The smallest absolute Gasteiger partial charge is 0.331 e. The molecule has 0 N–H and O–H groups in total. The van der Waals surface area contributed by atoms with Crippen LogP contribution in [0.5, 0.6) is 0 Å². The van der Waals surface area contributed by atoms with Crippen molar-refractivity contribution in [1.29, 1.82) is 0 Å². The number of carbonyl (C=O) groups is 2. The van der Waals surface area contributed by atoms with E-state index in [0.29, 0.717) is 0 Å². The van der Waals surface area contributed by atoms with E-state index in [1.165, 1.54) is 6.08 Å². The van der Waals surface area contributed by atoms with E-state index < -0.39 is 5.97 Å². The number of para-hydroxylation sites is 1. The number of hydrogen-bond acceptors (Lipinski definition) is 3. The van der Waals surface area contributed by atoms with Crippen LogP contribution in [0.2, 0.25) is 0 Å². The normalized spacial score (nSPS) is 17.7. The number of rotatable bonds is 4. The molecule has 1 heterocycles. The molecule has 1 aliphatic heterocycles. The van der Waals surface area contributed by atoms with Crippen LogP contribution in [0.25, 0.3) is 0 Å². The van der Waals surface area contributed by atoms with Crippen molar-refractivity contribution in [2.75, 3.05) is 11.5 Å². The highest BCUT2D eigenvalue weighted by Crippen LogP contribution is 2.30. The summed E-state index contributed by atoms with van der Waals surface area (Å²) in [7, 11) is 0. The first-order valence-corrected chi connectivity index (χ1v) is 7.49. The Balaban J connectivity index is 2.02. The molecule has 0 spiro atoms. The molecule has 0 fully saturated rings. The maximum absolute atomic E-state index is 12.4. The van der Waals surface area contributed by atoms with Crippen LogP contribution in [0.15, 0.2) is 48.6 Å². The van der Waals surface area contributed by atoms with Crippen molar-refractivity contribution in [2.24, 2.45) is 0 Å². The number of benzene rings is 1. The van der Waals surface area contributed by atoms with Gasteiger partial charge >= 0.3 is 5.97 Å². The molecule has 1 unspecified atom stereocenters. The van der Waals surface area contributed by atoms with Gasteiger partial charge in [0.15, 0.2) is 6.61 Å². The fourth-order valence-corrected chi connectivity index (χ4v) is 2.56. The molecular formula is C18H21NO3. The predicted molar refractivity (Wildman–Crippen MR) is 86.6 cm³/mol. The first-order valence-electron chi connectivity index (χ1n) is 7.49. The Kier molecular flexibility index (Phi) is 5.53. The van der Waals surface area contributed by atoms with Gasteiger partial charge in [0.2, 0.25) is 0 Å². The number of anilines is 1. The van der Waals surface area contributed by atoms with Gasteiger partial charge in [0.05, 0.1) is 0 Å². The molecule has 4 nitrogen and oxygen atoms in total. The highest BCUT2D eigenvalue weighted by molar-refractivity contribution is 5.97. The van der Waals surface area contributed by atoms with Crippen molar-refractivity contribution in [2.45, 2.75) is 32.7 Å². The Morgan fingerprint density at radius 3 is 2.86 bits per heavy atom. The number of fused-ring (bicyclic) bond motifs is 1. The Labute approximate surface area is 131 Å². The molecule has 4 heteroatoms. The van der Waals surface area contributed by atoms with Gasteiger partial charge in [0.1, 0.15) is 0 Å². The molecule has 0 radical (unpaired) electrons. The lowest BCUT2D eigenvalue weighted by atomic mass is 9.96. The molecular weight excluding hydrogens is 278 g/mol. The number of nitrogens with zero attached hydrogens (tertiary/aromatic N) is 1. The third-order valence-corrected chi connectivity index (χ3v) is 3.67. The monoisotopic (exact) mass is 299 g/mol. The zero-order chi connectivity index (χ0) is 15.9. The summed E-state index contributed by atoms with van der Waals surface area (Å²) in [4.78, 5) is 25.7. The van der Waals surface area contributed by atoms with Gasteiger partial charge < -0.3 is 9.64 Å². The minimum Gasteiger partial charge on any atom is -0.452 e. The highest BCUT2D eigenvalue weighted by Gasteiger charge is 2.28. The summed E-state index contributed by atoms with van der Waals surface area (Å²) in [5, 5.41) is 0. The van der Waals surface area contributed by atoms with Crippen LogP contribution in [-0.4, -0.2) is 24.5 Å². The van der Waals surface area contributed by atoms with Crippen LogP contribution >= 0.6 is 0 Å². The summed E-state index contributed by atoms with van der Waals surface area (Å²) >= 11 is 0. The van der Waals surface area contributed by atoms with E-state index in [9.17, 15) is 9.59 Å². The summed E-state index contributed by atoms with van der Waals surface area (Å²) < 4.78 is 5.02. The SMILES string of the molecule is C/C=C/C=C/C(=O)OCC(=O)N1c2ccccc2CCC1C. The minimum atomic E-state index is -0.510. The molecule has 1 aromatic rings. The second kappa shape index (κ2) is 7.59. The molecule has 1 amide bonds. The first kappa shape index (κ1) is 16.0. The fourth-order valence-electron chi connectivity index (χ4n) is 2.56. The lowest BCUT2D eigenvalue weighted by molar-refractivity contribution is -0.143. The zero-order valence-corrected chi connectivity index (χ0v) is 13.0. The molecule has 1 aromatic carbocycles. The number of aryl methyl sites for hydroxylation is 1. The summed E-state index contributed by atoms with van der Waals surface area (Å²) in [6.45, 7) is 3.63. The van der Waals surface area contributed by atoms with E-state index in [1.54, 1.807) is 23.1 Å². The summed E-state index contributed by atoms with van der Waals surface area (Å²) in [5.74, 6) is -0.697. The molecule has 1 atom stereocenters. The average Bonchev–Trinajstić information content (AvgIpc) is 2.53. The van der Waals surface area contributed by atoms with E-state index in [1.807, 2.05) is 38.1 Å². The van der Waals surface area contributed by atoms with Gasteiger partial charge in [-0.3, -0.25) is 4.79 Å². The summed E-state index contributed by atoms with van der Waals surface area (Å²) in [6.07, 6.45) is 8.31. The molecule has 116 valence electrons. The molecule has 0 aliphatic carbocycles. The lowest BCUT2D eigenvalue weighted by Gasteiger charge is -2.35. The largest absolute Gasteiger partial charge is 0.452 e. The van der Waals surface area contributed by atoms with Crippen LogP contribution < -0.4 is 4.90 Å². The number of carbonyl (C=O) groups excluding carboxylic acids is 2. The fraction of sp³-hybridized carbons (Fsp3) is 0.333. The average molecular weight is 299 g/mol. The standard InChI is InChI=1S/C18H21NO3/c1-3-4-5-10-18(21)22-13-17(20)19-14(2)11-12-15-8-6-7-9-16(15)19/h3-10,14H,11-13H2,1-2H3/b4-3+,10-5+. The van der Waals surface area contributed by atoms with Crippen LogP contribution in [0.1, 0.15) is 25.8 Å². The number of hydrogen-bond donors (Lipinski definition) is 0. The Hall–Kier alpha value is -2.36. The maximum Gasteiger partial charge on any atom is 0.331 e. The van der Waals surface area contributed by atoms with Crippen LogP contribution in [0.3, 0.4) is 0 Å². The number of allylic oxidation sites excluding steroid dienone is 3. The van der Waals surface area contributed by atoms with Gasteiger partial charge in [-0.2, -0.15) is 0 Å². The topological polar surface area (TPSA) is 46.6 Å². The number of amides is 1. The van der Waals surface area contributed by atoms with E-state index in [2.05, 4.69) is 0 Å². The molecule has 1 aliphatic rings. The van der Waals surface area contributed by atoms with E-state index in [0.717, 1.165) is 24.1 Å². The van der Waals surface area contributed by atoms with Crippen molar-refractivity contribution in [3.8, 4) is 0 Å². The third-order valence-electron chi connectivity index (χ3n) is 3.67. The molecule has 0 saturated heterocycles. The van der Waals surface area contributed by atoms with Crippen LogP contribution in [-0.2, 0) is 20.7 Å². The summed E-state index contributed by atoms with van der Waals surface area (Å²) in [6, 6.07) is 7.98. The van der Waals surface area contributed by atoms with Crippen molar-refractivity contribution < 1.29 is 14.3 Å². The minimum absolute atomic E-state index is 0.111. The van der Waals surface area contributed by atoms with Crippen molar-refractivity contribution in [3.05, 3.63) is 54.1 Å². The second-order valence-electron chi connectivity index (χ2n) is 5.27. The molecule has 22 heavy (non-hydrogen) atoms. The lowest BCUT2D eigenvalue weighted by Crippen LogP contribution is -2.44. The van der Waals surface area contributed by atoms with Gasteiger partial charge in [-0.05, 0) is 38.3 Å². The van der Waals surface area contributed by atoms with Gasteiger partial charge in [-0.15, -0.1) is 0 Å². The molecule has 0 bridgehead atoms. The van der Waals surface area contributed by atoms with Crippen LogP contribution in [0.4, 0.5) is 5.69 Å². The van der Waals surface area contributed by atoms with Crippen molar-refractivity contribution in [1.82, 2.24) is 0 Å². The Bertz CT molecular complexity index is 604. The Morgan fingerprint density at radius 1 is 1.32 bits per heavy atom. The quantitative estimate of drug-likeness (QED) is 0.488. The highest BCUT2D eigenvalue weighted by atomic mass is 16.5. The summed E-state index contributed by atoms with van der Waals surface area (Å²) in [5.41, 5.74) is 2.08. The molecule has 0 saturated carbocycles. The van der Waals surface area contributed by atoms with Gasteiger partial charge in [-0.25, -0.2) is 4.79 Å². The van der Waals surface area contributed by atoms with Crippen molar-refractivity contribution in [3.63, 3.8) is 0 Å². The number of esters is 1. The zero-order valence-electron chi connectivity index (χ0n) is 13.0. The third kappa shape index (κ3) is 3.85. The maximum atomic E-state index is 12.4. The van der Waals surface area contributed by atoms with Gasteiger partial charge in [0.25, 0.3) is 5.91 Å². The van der Waals surface area contributed by atoms with Gasteiger partial charge in [-0.1, -0.05) is 36.4 Å². The molecule has 2 rings (SSSR count). The van der Waals surface area contributed by atoms with E-state index in [-0.39, 0.29) is 18.6 Å². The van der Waals surface area contributed by atoms with E-state index in [4.69, 9.17) is 4.74 Å². The number of ether oxygens (including phenoxy) is 1. The van der Waals surface area contributed by atoms with Crippen LogP contribution in [0, 0.1) is 0 Å². The first-order chi connectivity index (χ1) is 10.6. The Morgan fingerprint density at radius 2 is 2.09 bits per heavy atom. The second-order valence-corrected chi connectivity index (χ2v) is 5.27. The van der Waals surface area contributed by atoms with E-state index >= 15 is 0 Å².